The van der Waals surface area contributed by atoms with E-state index in [4.69, 9.17) is 14.8 Å². The molecule has 1 fully saturated rings. The van der Waals surface area contributed by atoms with Crippen molar-refractivity contribution in [3.05, 3.63) is 90.0 Å². The molecule has 0 aliphatic carbocycles. The van der Waals surface area contributed by atoms with Gasteiger partial charge in [-0.05, 0) is 42.0 Å². The molecule has 0 atom stereocenters. The zero-order chi connectivity index (χ0) is 23.0. The highest BCUT2D eigenvalue weighted by molar-refractivity contribution is 5.95. The number of aliphatic imine (C=N–C) groups is 1. The van der Waals surface area contributed by atoms with Crippen LogP contribution in [0.25, 0.3) is 0 Å². The van der Waals surface area contributed by atoms with Crippen molar-refractivity contribution in [2.45, 2.75) is 6.54 Å². The molecular formula is C26H28N4O3. The first kappa shape index (κ1) is 22.2. The second kappa shape index (κ2) is 10.5. The Balaban J connectivity index is 1.50. The van der Waals surface area contributed by atoms with Crippen LogP contribution >= 0.6 is 0 Å². The van der Waals surface area contributed by atoms with Crippen LogP contribution < -0.4 is 15.0 Å². The van der Waals surface area contributed by atoms with Crippen LogP contribution in [-0.4, -0.2) is 55.2 Å². The number of guanidine groups is 1. The molecule has 7 heteroatoms. The van der Waals surface area contributed by atoms with E-state index in [1.54, 1.807) is 31.4 Å². The zero-order valence-corrected chi connectivity index (χ0v) is 18.6. The molecule has 4 rings (SSSR count). The maximum atomic E-state index is 11.2. The summed E-state index contributed by atoms with van der Waals surface area (Å²) in [6, 6.07) is 24.9. The van der Waals surface area contributed by atoms with E-state index in [1.807, 2.05) is 36.4 Å². The average Bonchev–Trinajstić information content (AvgIpc) is 2.87. The fourth-order valence-corrected chi connectivity index (χ4v) is 3.84. The number of methoxy groups -OCH3 is 1. The predicted molar refractivity (Wildman–Crippen MR) is 131 cm³/mol. The Labute approximate surface area is 193 Å². The Morgan fingerprint density at radius 2 is 1.61 bits per heavy atom. The Morgan fingerprint density at radius 1 is 0.939 bits per heavy atom. The number of carboxylic acid groups (broad SMARTS) is 1. The molecule has 0 saturated carbocycles. The minimum absolute atomic E-state index is 0.258. The van der Waals surface area contributed by atoms with Gasteiger partial charge in [0.1, 0.15) is 5.75 Å². The van der Waals surface area contributed by atoms with Gasteiger partial charge in [0.15, 0.2) is 5.96 Å². The predicted octanol–water partition coefficient (Wildman–Crippen LogP) is 4.18. The first-order chi connectivity index (χ1) is 16.1. The van der Waals surface area contributed by atoms with Crippen molar-refractivity contribution in [2.75, 3.05) is 43.5 Å². The van der Waals surface area contributed by atoms with Crippen molar-refractivity contribution in [2.24, 2.45) is 4.99 Å². The number of hydrogen-bond acceptors (Lipinski definition) is 4. The summed E-state index contributed by atoms with van der Waals surface area (Å²) in [5, 5.41) is 12.6. The minimum atomic E-state index is -0.938. The first-order valence-corrected chi connectivity index (χ1v) is 11.0. The quantitative estimate of drug-likeness (QED) is 0.439. The lowest BCUT2D eigenvalue weighted by atomic mass is 10.2. The van der Waals surface area contributed by atoms with Gasteiger partial charge in [0.25, 0.3) is 0 Å². The number of aromatic carboxylic acids is 1. The average molecular weight is 445 g/mol. The van der Waals surface area contributed by atoms with Gasteiger partial charge >= 0.3 is 5.97 Å². The van der Waals surface area contributed by atoms with Gasteiger partial charge in [-0.1, -0.05) is 42.5 Å². The number of benzene rings is 3. The summed E-state index contributed by atoms with van der Waals surface area (Å²) >= 11 is 0. The van der Waals surface area contributed by atoms with E-state index < -0.39 is 5.97 Å². The van der Waals surface area contributed by atoms with Crippen LogP contribution in [0.4, 0.5) is 11.4 Å². The first-order valence-electron chi connectivity index (χ1n) is 11.0. The van der Waals surface area contributed by atoms with E-state index in [2.05, 4.69) is 33.3 Å². The van der Waals surface area contributed by atoms with Crippen LogP contribution in [0.3, 0.4) is 0 Å². The summed E-state index contributed by atoms with van der Waals surface area (Å²) in [6.07, 6.45) is 0. The minimum Gasteiger partial charge on any atom is -0.495 e. The van der Waals surface area contributed by atoms with Crippen molar-refractivity contribution < 1.29 is 14.6 Å². The van der Waals surface area contributed by atoms with E-state index in [9.17, 15) is 4.79 Å². The van der Waals surface area contributed by atoms with Gasteiger partial charge in [0.05, 0.1) is 24.9 Å². The molecule has 33 heavy (non-hydrogen) atoms. The standard InChI is InChI=1S/C26H28N4O3/c1-33-24-10-6-5-9-23(24)29-15-17-30(18-16-29)26(27-19-20-7-3-2-4-8-20)28-22-13-11-21(12-14-22)25(31)32/h2-14H,15-19H2,1H3,(H,27,28)(H,31,32). The Morgan fingerprint density at radius 3 is 2.27 bits per heavy atom. The number of ether oxygens (including phenoxy) is 1. The van der Waals surface area contributed by atoms with Gasteiger partial charge in [-0.25, -0.2) is 9.79 Å². The summed E-state index contributed by atoms with van der Waals surface area (Å²) in [5.41, 5.74) is 3.29. The van der Waals surface area contributed by atoms with E-state index >= 15 is 0 Å². The zero-order valence-electron chi connectivity index (χ0n) is 18.6. The molecule has 0 bridgehead atoms. The number of piperazine rings is 1. The van der Waals surface area contributed by atoms with Crippen LogP contribution in [0, 0.1) is 0 Å². The molecule has 3 aromatic carbocycles. The van der Waals surface area contributed by atoms with Crippen LogP contribution in [0.5, 0.6) is 5.75 Å². The second-order valence-corrected chi connectivity index (χ2v) is 7.78. The third kappa shape index (κ3) is 5.63. The molecule has 1 heterocycles. The lowest BCUT2D eigenvalue weighted by Gasteiger charge is -2.38. The molecule has 0 unspecified atom stereocenters. The molecule has 7 nitrogen and oxygen atoms in total. The summed E-state index contributed by atoms with van der Waals surface area (Å²) < 4.78 is 5.53. The van der Waals surface area contributed by atoms with E-state index in [0.29, 0.717) is 6.54 Å². The summed E-state index contributed by atoms with van der Waals surface area (Å²) in [6.45, 7) is 3.83. The van der Waals surface area contributed by atoms with Crippen molar-refractivity contribution in [3.8, 4) is 5.75 Å². The maximum Gasteiger partial charge on any atom is 0.335 e. The van der Waals surface area contributed by atoms with Gasteiger partial charge in [0, 0.05) is 31.9 Å². The number of hydrogen-bond donors (Lipinski definition) is 2. The number of para-hydroxylation sites is 2. The number of nitrogens with zero attached hydrogens (tertiary/aromatic N) is 3. The van der Waals surface area contributed by atoms with Gasteiger partial charge in [-0.3, -0.25) is 0 Å². The monoisotopic (exact) mass is 444 g/mol. The molecule has 0 radical (unpaired) electrons. The number of rotatable bonds is 6. The molecule has 170 valence electrons. The van der Waals surface area contributed by atoms with Crippen LogP contribution in [0.15, 0.2) is 83.9 Å². The number of carbonyl (C=O) groups is 1. The molecule has 1 saturated heterocycles. The highest BCUT2D eigenvalue weighted by Gasteiger charge is 2.22. The molecule has 3 aromatic rings. The number of carboxylic acids is 1. The molecule has 2 N–H and O–H groups in total. The van der Waals surface area contributed by atoms with E-state index in [0.717, 1.165) is 54.8 Å². The molecule has 0 spiro atoms. The van der Waals surface area contributed by atoms with Crippen molar-refractivity contribution >= 4 is 23.3 Å². The van der Waals surface area contributed by atoms with Crippen molar-refractivity contribution in [3.63, 3.8) is 0 Å². The molecule has 1 aliphatic heterocycles. The van der Waals surface area contributed by atoms with E-state index in [-0.39, 0.29) is 5.56 Å². The molecule has 1 aliphatic rings. The summed E-state index contributed by atoms with van der Waals surface area (Å²) in [7, 11) is 1.70. The molecule has 0 aromatic heterocycles. The second-order valence-electron chi connectivity index (χ2n) is 7.78. The lowest BCUT2D eigenvalue weighted by Crippen LogP contribution is -2.50. The smallest absolute Gasteiger partial charge is 0.335 e. The number of nitrogens with one attached hydrogen (secondary N) is 1. The highest BCUT2D eigenvalue weighted by atomic mass is 16.5. The fraction of sp³-hybridized carbons (Fsp3) is 0.231. The van der Waals surface area contributed by atoms with E-state index in [1.165, 1.54) is 0 Å². The Bertz CT molecular complexity index is 1090. The van der Waals surface area contributed by atoms with Crippen LogP contribution in [-0.2, 0) is 6.54 Å². The third-order valence-corrected chi connectivity index (χ3v) is 5.65. The molecular weight excluding hydrogens is 416 g/mol. The fourth-order valence-electron chi connectivity index (χ4n) is 3.84. The van der Waals surface area contributed by atoms with Crippen LogP contribution in [0.1, 0.15) is 15.9 Å². The normalized spacial score (nSPS) is 14.2. The number of anilines is 2. The summed E-state index contributed by atoms with van der Waals surface area (Å²) in [5.74, 6) is 0.717. The van der Waals surface area contributed by atoms with Gasteiger partial charge < -0.3 is 25.0 Å². The largest absolute Gasteiger partial charge is 0.495 e. The third-order valence-electron chi connectivity index (χ3n) is 5.65. The van der Waals surface area contributed by atoms with Gasteiger partial charge in [0.2, 0.25) is 0 Å². The van der Waals surface area contributed by atoms with Crippen molar-refractivity contribution in [1.82, 2.24) is 4.90 Å². The van der Waals surface area contributed by atoms with Crippen molar-refractivity contribution in [1.29, 1.82) is 0 Å². The topological polar surface area (TPSA) is 77.4 Å². The highest BCUT2D eigenvalue weighted by Crippen LogP contribution is 2.28. The van der Waals surface area contributed by atoms with Crippen LogP contribution in [0.2, 0.25) is 0 Å². The lowest BCUT2D eigenvalue weighted by molar-refractivity contribution is 0.0697. The maximum absolute atomic E-state index is 11.2. The Kier molecular flexibility index (Phi) is 7.09. The van der Waals surface area contributed by atoms with Gasteiger partial charge in [-0.2, -0.15) is 0 Å². The Hall–Kier alpha value is -4.00. The van der Waals surface area contributed by atoms with Gasteiger partial charge in [-0.15, -0.1) is 0 Å². The SMILES string of the molecule is COc1ccccc1N1CCN(C(=NCc2ccccc2)Nc2ccc(C(=O)O)cc2)CC1. The molecule has 0 amide bonds. The summed E-state index contributed by atoms with van der Waals surface area (Å²) in [4.78, 5) is 20.6.